The first kappa shape index (κ1) is 14.7. The monoisotopic (exact) mass is 307 g/mol. The van der Waals surface area contributed by atoms with Crippen LogP contribution in [-0.2, 0) is 19.0 Å². The van der Waals surface area contributed by atoms with Crippen molar-refractivity contribution in [2.75, 3.05) is 24.3 Å². The number of benzene rings is 1. The Hall–Kier alpha value is -1.74. The quantitative estimate of drug-likeness (QED) is 0.783. The van der Waals surface area contributed by atoms with Gasteiger partial charge in [0, 0.05) is 6.07 Å². The largest absolute Gasteiger partial charge is 0.441 e. The van der Waals surface area contributed by atoms with Crippen LogP contribution < -0.4 is 4.90 Å². The molecule has 0 radical (unpaired) electrons. The Morgan fingerprint density at radius 3 is 2.50 bits per heavy atom. The van der Waals surface area contributed by atoms with Crippen LogP contribution in [0.1, 0.15) is 0 Å². The maximum Gasteiger partial charge on any atom is 0.414 e. The van der Waals surface area contributed by atoms with Gasteiger partial charge in [-0.25, -0.2) is 13.6 Å². The van der Waals surface area contributed by atoms with Crippen LogP contribution in [0.15, 0.2) is 18.2 Å². The van der Waals surface area contributed by atoms with Gasteiger partial charge in [-0.3, -0.25) is 9.08 Å². The number of cyclic esters (lactones) is 1. The van der Waals surface area contributed by atoms with Crippen LogP contribution >= 0.6 is 0 Å². The van der Waals surface area contributed by atoms with E-state index in [0.717, 1.165) is 23.3 Å². The van der Waals surface area contributed by atoms with E-state index in [-0.39, 0.29) is 18.8 Å². The number of amides is 1. The number of carbonyl (C=O) groups excluding carboxylic acids is 1. The maximum absolute atomic E-state index is 13.1. The predicted molar refractivity (Wildman–Crippen MR) is 64.8 cm³/mol. The van der Waals surface area contributed by atoms with Crippen molar-refractivity contribution in [3.05, 3.63) is 29.8 Å². The molecule has 0 bridgehead atoms. The molecule has 110 valence electrons. The van der Waals surface area contributed by atoms with Crippen LogP contribution in [0, 0.1) is 11.6 Å². The molecular weight excluding hydrogens is 296 g/mol. The number of carbonyl (C=O) groups is 1. The summed E-state index contributed by atoms with van der Waals surface area (Å²) in [5.41, 5.74) is -0.00523. The van der Waals surface area contributed by atoms with Crippen LogP contribution in [0.25, 0.3) is 0 Å². The van der Waals surface area contributed by atoms with Crippen molar-refractivity contribution < 1.29 is 30.9 Å². The molecule has 1 aliphatic rings. The van der Waals surface area contributed by atoms with Crippen molar-refractivity contribution in [1.82, 2.24) is 0 Å². The first-order valence-electron chi connectivity index (χ1n) is 5.53. The molecule has 1 fully saturated rings. The molecule has 0 saturated carbocycles. The van der Waals surface area contributed by atoms with Gasteiger partial charge in [-0.05, 0) is 12.1 Å². The van der Waals surface area contributed by atoms with Gasteiger partial charge in [0.25, 0.3) is 10.1 Å². The Morgan fingerprint density at radius 1 is 1.35 bits per heavy atom. The fourth-order valence-electron chi connectivity index (χ4n) is 1.71. The van der Waals surface area contributed by atoms with Gasteiger partial charge in [-0.2, -0.15) is 8.42 Å². The van der Waals surface area contributed by atoms with Gasteiger partial charge < -0.3 is 4.74 Å². The number of anilines is 1. The molecule has 1 aromatic carbocycles. The van der Waals surface area contributed by atoms with Crippen molar-refractivity contribution in [1.29, 1.82) is 0 Å². The summed E-state index contributed by atoms with van der Waals surface area (Å²) in [5, 5.41) is 0. The van der Waals surface area contributed by atoms with E-state index >= 15 is 0 Å². The van der Waals surface area contributed by atoms with Gasteiger partial charge in [-0.1, -0.05) is 0 Å². The summed E-state index contributed by atoms with van der Waals surface area (Å²) in [6.07, 6.45) is -0.788. The zero-order valence-electron chi connectivity index (χ0n) is 10.4. The van der Waals surface area contributed by atoms with Crippen molar-refractivity contribution in [2.45, 2.75) is 6.10 Å². The zero-order valence-corrected chi connectivity index (χ0v) is 11.2. The topological polar surface area (TPSA) is 72.9 Å². The molecule has 0 unspecified atom stereocenters. The third-order valence-corrected chi connectivity index (χ3v) is 3.07. The van der Waals surface area contributed by atoms with E-state index in [4.69, 9.17) is 4.74 Å². The second kappa shape index (κ2) is 5.33. The van der Waals surface area contributed by atoms with Gasteiger partial charge >= 0.3 is 6.09 Å². The third kappa shape index (κ3) is 3.64. The molecule has 1 heterocycles. The number of nitrogens with zero attached hydrogens (tertiary/aromatic N) is 1. The minimum atomic E-state index is -3.65. The summed E-state index contributed by atoms with van der Waals surface area (Å²) < 4.78 is 57.2. The molecular formula is C11H11F2NO5S. The van der Waals surface area contributed by atoms with E-state index in [1.165, 1.54) is 0 Å². The Balaban J connectivity index is 2.09. The molecule has 0 aliphatic carbocycles. The molecule has 1 aliphatic heterocycles. The Kier molecular flexibility index (Phi) is 3.91. The van der Waals surface area contributed by atoms with Crippen molar-refractivity contribution >= 4 is 21.9 Å². The molecule has 2 rings (SSSR count). The highest BCUT2D eigenvalue weighted by atomic mass is 32.2. The van der Waals surface area contributed by atoms with Crippen molar-refractivity contribution in [2.24, 2.45) is 0 Å². The summed E-state index contributed by atoms with van der Waals surface area (Å²) in [7, 11) is -3.65. The standard InChI is InChI=1S/C11H11F2NO5S/c1-20(16,17)18-6-10-5-14(11(15)19-10)9-3-7(12)2-8(13)4-9/h2-4,10H,5-6H2,1H3/t10-/m1/s1. The SMILES string of the molecule is CS(=O)(=O)OC[C@H]1CN(c2cc(F)cc(F)c2)C(=O)O1. The summed E-state index contributed by atoms with van der Waals surface area (Å²) in [6, 6.07) is 2.63. The Morgan fingerprint density at radius 2 is 1.95 bits per heavy atom. The lowest BCUT2D eigenvalue weighted by atomic mass is 10.2. The van der Waals surface area contributed by atoms with Gasteiger partial charge in [0.1, 0.15) is 24.3 Å². The van der Waals surface area contributed by atoms with Crippen molar-refractivity contribution in [3.8, 4) is 0 Å². The lowest BCUT2D eigenvalue weighted by Crippen LogP contribution is -2.26. The fourth-order valence-corrected chi connectivity index (χ4v) is 2.11. The average Bonchev–Trinajstić information content (AvgIpc) is 2.66. The second-order valence-electron chi connectivity index (χ2n) is 4.23. The summed E-state index contributed by atoms with van der Waals surface area (Å²) in [4.78, 5) is 12.6. The molecule has 6 nitrogen and oxygen atoms in total. The number of ether oxygens (including phenoxy) is 1. The minimum absolute atomic E-state index is 0.00523. The van der Waals surface area contributed by atoms with Crippen LogP contribution in [0.2, 0.25) is 0 Å². The molecule has 0 N–H and O–H groups in total. The van der Waals surface area contributed by atoms with Gasteiger partial charge in [0.05, 0.1) is 18.5 Å². The molecule has 1 amide bonds. The van der Waals surface area contributed by atoms with E-state index in [0.29, 0.717) is 6.07 Å². The van der Waals surface area contributed by atoms with E-state index in [9.17, 15) is 22.0 Å². The maximum atomic E-state index is 13.1. The normalized spacial score (nSPS) is 19.2. The highest BCUT2D eigenvalue weighted by Gasteiger charge is 2.33. The molecule has 1 saturated heterocycles. The molecule has 1 atom stereocenters. The lowest BCUT2D eigenvalue weighted by molar-refractivity contribution is 0.107. The number of hydrogen-bond acceptors (Lipinski definition) is 5. The smallest absolute Gasteiger partial charge is 0.414 e. The van der Waals surface area contributed by atoms with Crippen LogP contribution in [0.5, 0.6) is 0 Å². The summed E-state index contributed by atoms with van der Waals surface area (Å²) in [6.45, 7) is -0.407. The fraction of sp³-hybridized carbons (Fsp3) is 0.364. The number of hydrogen-bond donors (Lipinski definition) is 0. The summed E-state index contributed by atoms with van der Waals surface area (Å²) >= 11 is 0. The Bertz CT molecular complexity index is 613. The van der Waals surface area contributed by atoms with E-state index in [1.807, 2.05) is 0 Å². The average molecular weight is 307 g/mol. The number of halogens is 2. The predicted octanol–water partition coefficient (Wildman–Crippen LogP) is 1.27. The third-order valence-electron chi connectivity index (χ3n) is 2.50. The van der Waals surface area contributed by atoms with Crippen molar-refractivity contribution in [3.63, 3.8) is 0 Å². The number of rotatable bonds is 4. The summed E-state index contributed by atoms with van der Waals surface area (Å²) in [5.74, 6) is -1.66. The second-order valence-corrected chi connectivity index (χ2v) is 5.88. The van der Waals surface area contributed by atoms with Gasteiger partial charge in [0.2, 0.25) is 0 Å². The molecule has 0 aromatic heterocycles. The van der Waals surface area contributed by atoms with E-state index in [1.54, 1.807) is 0 Å². The molecule has 9 heteroatoms. The zero-order chi connectivity index (χ0) is 14.9. The lowest BCUT2D eigenvalue weighted by Gasteiger charge is -2.13. The molecule has 20 heavy (non-hydrogen) atoms. The Labute approximate surface area is 114 Å². The van der Waals surface area contributed by atoms with Crippen LogP contribution in [0.4, 0.5) is 19.3 Å². The van der Waals surface area contributed by atoms with Crippen LogP contribution in [-0.4, -0.2) is 40.0 Å². The first-order valence-corrected chi connectivity index (χ1v) is 7.35. The van der Waals surface area contributed by atoms with Crippen LogP contribution in [0.3, 0.4) is 0 Å². The highest BCUT2D eigenvalue weighted by Crippen LogP contribution is 2.23. The first-order chi connectivity index (χ1) is 9.24. The molecule has 1 aromatic rings. The highest BCUT2D eigenvalue weighted by molar-refractivity contribution is 7.85. The van der Waals surface area contributed by atoms with Gasteiger partial charge in [0.15, 0.2) is 0 Å². The molecule has 0 spiro atoms. The minimum Gasteiger partial charge on any atom is -0.441 e. The van der Waals surface area contributed by atoms with Gasteiger partial charge in [-0.15, -0.1) is 0 Å². The van der Waals surface area contributed by atoms with E-state index < -0.39 is 33.9 Å². The van der Waals surface area contributed by atoms with E-state index in [2.05, 4.69) is 4.18 Å².